The van der Waals surface area contributed by atoms with Crippen LogP contribution >= 0.6 is 0 Å². The number of fused-ring (bicyclic) bond motifs is 5. The number of rotatable bonds is 7. The highest BCUT2D eigenvalue weighted by Gasteiger charge is 2.59. The number of ketones is 1. The van der Waals surface area contributed by atoms with Crippen LogP contribution in [-0.2, 0) is 4.79 Å². The van der Waals surface area contributed by atoms with E-state index in [9.17, 15) is 4.79 Å². The van der Waals surface area contributed by atoms with Crippen molar-refractivity contribution >= 4 is 5.78 Å². The van der Waals surface area contributed by atoms with Crippen molar-refractivity contribution in [3.8, 4) is 0 Å². The third-order valence-electron chi connectivity index (χ3n) is 10.3. The van der Waals surface area contributed by atoms with Crippen molar-refractivity contribution in [2.45, 2.75) is 127 Å². The molecule has 1 nitrogen and oxygen atoms in total. The SMILES string of the molecule is C=CCC1=CC2=CC(=O)CC[C@]2(C)C2CC[C@]3(C)C(C(C)CCCC(C)C)CCC3C12.CC.CC. The van der Waals surface area contributed by atoms with Gasteiger partial charge in [0.15, 0.2) is 5.78 Å². The Hall–Kier alpha value is -1.11. The summed E-state index contributed by atoms with van der Waals surface area (Å²) in [4.78, 5) is 12.2. The fourth-order valence-corrected chi connectivity index (χ4v) is 8.60. The zero-order valence-electron chi connectivity index (χ0n) is 24.9. The zero-order chi connectivity index (χ0) is 26.4. The van der Waals surface area contributed by atoms with Gasteiger partial charge in [-0.3, -0.25) is 4.79 Å². The van der Waals surface area contributed by atoms with E-state index in [4.69, 9.17) is 0 Å². The highest BCUT2D eigenvalue weighted by Crippen LogP contribution is 2.68. The Bertz CT molecular complexity index is 769. The first kappa shape index (κ1) is 30.1. The smallest absolute Gasteiger partial charge is 0.156 e. The molecule has 0 saturated heterocycles. The van der Waals surface area contributed by atoms with Crippen LogP contribution in [0.25, 0.3) is 0 Å². The van der Waals surface area contributed by atoms with Crippen LogP contribution < -0.4 is 0 Å². The summed E-state index contributed by atoms with van der Waals surface area (Å²) in [6.45, 7) is 24.5. The van der Waals surface area contributed by atoms with E-state index in [-0.39, 0.29) is 5.41 Å². The minimum absolute atomic E-state index is 0.200. The molecule has 1 heteroatoms. The summed E-state index contributed by atoms with van der Waals surface area (Å²) in [6, 6.07) is 0. The first-order chi connectivity index (χ1) is 16.7. The molecule has 0 N–H and O–H groups in total. The molecule has 4 aliphatic carbocycles. The molecule has 0 aliphatic heterocycles. The van der Waals surface area contributed by atoms with Gasteiger partial charge in [-0.15, -0.1) is 6.58 Å². The molecule has 4 aliphatic rings. The van der Waals surface area contributed by atoms with Crippen molar-refractivity contribution in [1.82, 2.24) is 0 Å². The predicted molar refractivity (Wildman–Crippen MR) is 154 cm³/mol. The Morgan fingerprint density at radius 1 is 0.971 bits per heavy atom. The standard InChI is InChI=1S/C30H46O.2C2H6/c1-7-9-22-18-23-19-24(31)14-16-29(23,5)27-15-17-30(6)25(12-13-26(30)28(22)27)21(4)11-8-10-20(2)3;2*1-2/h7,18-21,25-28H,1,8-17H2,2-6H3;2*1-2H3/t21?,25?,26?,27?,28?,29-,30+;;/m0../s1. The van der Waals surface area contributed by atoms with Crippen molar-refractivity contribution < 1.29 is 4.79 Å². The first-order valence-electron chi connectivity index (χ1n) is 15.3. The lowest BCUT2D eigenvalue weighted by Crippen LogP contribution is -2.51. The van der Waals surface area contributed by atoms with Gasteiger partial charge < -0.3 is 0 Å². The van der Waals surface area contributed by atoms with Crippen LogP contribution in [-0.4, -0.2) is 5.78 Å². The molecule has 5 unspecified atom stereocenters. The van der Waals surface area contributed by atoms with Gasteiger partial charge in [0.1, 0.15) is 0 Å². The molecule has 0 heterocycles. The number of carbonyl (C=O) groups excluding carboxylic acids is 1. The first-order valence-corrected chi connectivity index (χ1v) is 15.3. The lowest BCUT2D eigenvalue weighted by atomic mass is 9.46. The molecule has 0 aromatic rings. The molecule has 0 spiro atoms. The van der Waals surface area contributed by atoms with Gasteiger partial charge in [0, 0.05) is 6.42 Å². The predicted octanol–water partition coefficient (Wildman–Crippen LogP) is 10.4. The van der Waals surface area contributed by atoms with E-state index in [2.05, 4.69) is 53.3 Å². The monoisotopic (exact) mass is 482 g/mol. The van der Waals surface area contributed by atoms with Crippen LogP contribution in [0.4, 0.5) is 0 Å². The Morgan fingerprint density at radius 2 is 1.66 bits per heavy atom. The van der Waals surface area contributed by atoms with E-state index in [1.807, 2.05) is 33.8 Å². The third kappa shape index (κ3) is 5.91. The Balaban J connectivity index is 0.00000103. The molecule has 0 bridgehead atoms. The molecular formula is C34H58O. The number of hydrogen-bond donors (Lipinski definition) is 0. The molecule has 0 radical (unpaired) electrons. The molecule has 2 fully saturated rings. The van der Waals surface area contributed by atoms with Gasteiger partial charge in [-0.2, -0.15) is 0 Å². The molecule has 0 aromatic heterocycles. The van der Waals surface area contributed by atoms with Crippen molar-refractivity contribution in [3.63, 3.8) is 0 Å². The summed E-state index contributed by atoms with van der Waals surface area (Å²) >= 11 is 0. The van der Waals surface area contributed by atoms with Gasteiger partial charge in [-0.1, -0.05) is 99.3 Å². The summed E-state index contributed by atoms with van der Waals surface area (Å²) in [5, 5.41) is 0. The van der Waals surface area contributed by atoms with E-state index in [1.54, 1.807) is 5.57 Å². The number of carbonyl (C=O) groups is 1. The van der Waals surface area contributed by atoms with Crippen LogP contribution in [0.15, 0.2) is 36.0 Å². The quantitative estimate of drug-likeness (QED) is 0.330. The Morgan fingerprint density at radius 3 is 2.29 bits per heavy atom. The van der Waals surface area contributed by atoms with E-state index in [0.29, 0.717) is 23.0 Å². The molecule has 0 amide bonds. The fraction of sp³-hybridized carbons (Fsp3) is 0.794. The number of hydrogen-bond acceptors (Lipinski definition) is 1. The third-order valence-corrected chi connectivity index (χ3v) is 10.3. The molecule has 4 rings (SSSR count). The van der Waals surface area contributed by atoms with E-state index in [0.717, 1.165) is 42.9 Å². The van der Waals surface area contributed by atoms with Crippen LogP contribution in [0.5, 0.6) is 0 Å². The molecule has 2 saturated carbocycles. The van der Waals surface area contributed by atoms with Crippen molar-refractivity contribution in [3.05, 3.63) is 36.0 Å². The molecule has 7 atom stereocenters. The van der Waals surface area contributed by atoms with Crippen LogP contribution in [0.1, 0.15) is 127 Å². The minimum Gasteiger partial charge on any atom is -0.295 e. The second kappa shape index (κ2) is 12.9. The van der Waals surface area contributed by atoms with Gasteiger partial charge in [0.2, 0.25) is 0 Å². The summed E-state index contributed by atoms with van der Waals surface area (Å²) in [7, 11) is 0. The molecular weight excluding hydrogens is 424 g/mol. The van der Waals surface area contributed by atoms with Crippen molar-refractivity contribution in [2.75, 3.05) is 0 Å². The van der Waals surface area contributed by atoms with Gasteiger partial charge >= 0.3 is 0 Å². The normalized spacial score (nSPS) is 36.2. The molecule has 0 aromatic carbocycles. The minimum atomic E-state index is 0.200. The molecule has 35 heavy (non-hydrogen) atoms. The average Bonchev–Trinajstić information content (AvgIpc) is 3.20. The average molecular weight is 483 g/mol. The van der Waals surface area contributed by atoms with Gasteiger partial charge in [-0.05, 0) is 96.5 Å². The zero-order valence-corrected chi connectivity index (χ0v) is 24.9. The fourth-order valence-electron chi connectivity index (χ4n) is 8.60. The highest BCUT2D eigenvalue weighted by atomic mass is 16.1. The van der Waals surface area contributed by atoms with Crippen LogP contribution in [0.3, 0.4) is 0 Å². The summed E-state index contributed by atoms with van der Waals surface area (Å²) in [5.74, 6) is 5.10. The maximum absolute atomic E-state index is 12.2. The van der Waals surface area contributed by atoms with E-state index >= 15 is 0 Å². The second-order valence-electron chi connectivity index (χ2n) is 12.5. The van der Waals surface area contributed by atoms with E-state index in [1.165, 1.54) is 50.5 Å². The topological polar surface area (TPSA) is 17.1 Å². The second-order valence-corrected chi connectivity index (χ2v) is 12.5. The lowest BCUT2D eigenvalue weighted by molar-refractivity contribution is -0.116. The molecule has 200 valence electrons. The van der Waals surface area contributed by atoms with Crippen LogP contribution in [0, 0.1) is 46.3 Å². The van der Waals surface area contributed by atoms with Crippen molar-refractivity contribution in [2.24, 2.45) is 46.3 Å². The largest absolute Gasteiger partial charge is 0.295 e. The van der Waals surface area contributed by atoms with Gasteiger partial charge in [0.25, 0.3) is 0 Å². The maximum Gasteiger partial charge on any atom is 0.156 e. The summed E-state index contributed by atoms with van der Waals surface area (Å²) in [5.41, 5.74) is 3.61. The highest BCUT2D eigenvalue weighted by molar-refractivity contribution is 5.92. The summed E-state index contributed by atoms with van der Waals surface area (Å²) in [6.07, 6.45) is 19.0. The van der Waals surface area contributed by atoms with Gasteiger partial charge in [0.05, 0.1) is 0 Å². The Kier molecular flexibility index (Phi) is 11.1. The summed E-state index contributed by atoms with van der Waals surface area (Å²) < 4.78 is 0. The maximum atomic E-state index is 12.2. The van der Waals surface area contributed by atoms with E-state index < -0.39 is 0 Å². The van der Waals surface area contributed by atoms with Gasteiger partial charge in [-0.25, -0.2) is 0 Å². The number of allylic oxidation sites excluding steroid dienone is 5. The van der Waals surface area contributed by atoms with Crippen LogP contribution in [0.2, 0.25) is 0 Å². The lowest BCUT2D eigenvalue weighted by Gasteiger charge is -2.58. The van der Waals surface area contributed by atoms with Crippen molar-refractivity contribution in [1.29, 1.82) is 0 Å². The Labute approximate surface area is 219 Å².